The summed E-state index contributed by atoms with van der Waals surface area (Å²) in [5.41, 5.74) is 1.32. The second-order valence-corrected chi connectivity index (χ2v) is 3.92. The van der Waals surface area contributed by atoms with Crippen LogP contribution in [0.15, 0.2) is 18.2 Å². The number of carboxylic acids is 1. The molecule has 1 aromatic carbocycles. The first-order valence-electron chi connectivity index (χ1n) is 5.33. The lowest BCUT2D eigenvalue weighted by molar-refractivity contribution is -0.137. The van der Waals surface area contributed by atoms with E-state index in [1.54, 1.807) is 12.1 Å². The molecule has 90 valence electrons. The number of hydrogen-bond acceptors (Lipinski definition) is 3. The van der Waals surface area contributed by atoms with Crippen molar-refractivity contribution in [1.82, 2.24) is 4.90 Å². The summed E-state index contributed by atoms with van der Waals surface area (Å²) in [6.45, 7) is 2.17. The molecule has 1 heterocycles. The highest BCUT2D eigenvalue weighted by molar-refractivity contribution is 5.99. The van der Waals surface area contributed by atoms with Gasteiger partial charge in [0.2, 0.25) is 0 Å². The van der Waals surface area contributed by atoms with E-state index in [1.165, 1.54) is 4.90 Å². The smallest absolute Gasteiger partial charge is 0.323 e. The summed E-state index contributed by atoms with van der Waals surface area (Å²) >= 11 is 0. The highest BCUT2D eigenvalue weighted by atomic mass is 16.5. The van der Waals surface area contributed by atoms with Gasteiger partial charge >= 0.3 is 5.97 Å². The summed E-state index contributed by atoms with van der Waals surface area (Å²) in [7, 11) is 0. The van der Waals surface area contributed by atoms with Gasteiger partial charge in [-0.15, -0.1) is 0 Å². The molecule has 0 spiro atoms. The summed E-state index contributed by atoms with van der Waals surface area (Å²) in [6, 6.07) is 5.28. The first-order chi connectivity index (χ1) is 8.09. The highest BCUT2D eigenvalue weighted by Gasteiger charge is 2.25. The molecule has 1 aromatic rings. The number of hydrogen-bond donors (Lipinski definition) is 1. The molecule has 0 aromatic heterocycles. The SMILES string of the molecule is Cc1cccc2c1OCCN(CC(=O)O)C2=O. The van der Waals surface area contributed by atoms with E-state index in [0.29, 0.717) is 24.5 Å². The summed E-state index contributed by atoms with van der Waals surface area (Å²) < 4.78 is 5.51. The Morgan fingerprint density at radius 1 is 1.53 bits per heavy atom. The van der Waals surface area contributed by atoms with Gasteiger partial charge in [0.05, 0.1) is 12.1 Å². The fraction of sp³-hybridized carbons (Fsp3) is 0.333. The van der Waals surface area contributed by atoms with Crippen molar-refractivity contribution in [3.63, 3.8) is 0 Å². The number of carbonyl (C=O) groups excluding carboxylic acids is 1. The molecule has 17 heavy (non-hydrogen) atoms. The number of benzene rings is 1. The first-order valence-corrected chi connectivity index (χ1v) is 5.33. The lowest BCUT2D eigenvalue weighted by Crippen LogP contribution is -2.36. The van der Waals surface area contributed by atoms with Crippen LogP contribution in [0.4, 0.5) is 0 Å². The third-order valence-corrected chi connectivity index (χ3v) is 2.66. The van der Waals surface area contributed by atoms with Crippen molar-refractivity contribution in [3.8, 4) is 5.75 Å². The predicted octanol–water partition coefficient (Wildman–Crippen LogP) is 0.914. The van der Waals surface area contributed by atoms with E-state index in [-0.39, 0.29) is 12.5 Å². The first kappa shape index (κ1) is 11.4. The normalized spacial score (nSPS) is 14.9. The third-order valence-electron chi connectivity index (χ3n) is 2.66. The Kier molecular flexibility index (Phi) is 2.99. The summed E-state index contributed by atoms with van der Waals surface area (Å²) in [5.74, 6) is -0.747. The number of aryl methyl sites for hydroxylation is 1. The van der Waals surface area contributed by atoms with E-state index in [9.17, 15) is 9.59 Å². The molecule has 1 aliphatic rings. The van der Waals surface area contributed by atoms with Crippen LogP contribution in [0.1, 0.15) is 15.9 Å². The summed E-state index contributed by atoms with van der Waals surface area (Å²) in [6.07, 6.45) is 0. The Morgan fingerprint density at radius 3 is 3.00 bits per heavy atom. The summed E-state index contributed by atoms with van der Waals surface area (Å²) in [4.78, 5) is 24.1. The van der Waals surface area contributed by atoms with Gasteiger partial charge in [-0.05, 0) is 18.6 Å². The maximum Gasteiger partial charge on any atom is 0.323 e. The van der Waals surface area contributed by atoms with Crippen LogP contribution in [0, 0.1) is 6.92 Å². The monoisotopic (exact) mass is 235 g/mol. The van der Waals surface area contributed by atoms with Gasteiger partial charge in [-0.2, -0.15) is 0 Å². The zero-order valence-electron chi connectivity index (χ0n) is 9.47. The average Bonchev–Trinajstić information content (AvgIpc) is 2.41. The fourth-order valence-corrected chi connectivity index (χ4v) is 1.86. The standard InChI is InChI=1S/C12H13NO4/c1-8-3-2-4-9-11(8)17-6-5-13(12(9)16)7-10(14)15/h2-4H,5-7H2,1H3,(H,14,15). The van der Waals surface area contributed by atoms with Crippen LogP contribution < -0.4 is 4.74 Å². The van der Waals surface area contributed by atoms with Gasteiger partial charge < -0.3 is 14.7 Å². The van der Waals surface area contributed by atoms with Crippen LogP contribution in [0.25, 0.3) is 0 Å². The quantitative estimate of drug-likeness (QED) is 0.827. The van der Waals surface area contributed by atoms with E-state index >= 15 is 0 Å². The van der Waals surface area contributed by atoms with Crippen LogP contribution in [0.5, 0.6) is 5.75 Å². The minimum Gasteiger partial charge on any atom is -0.491 e. The molecule has 1 amide bonds. The molecule has 0 radical (unpaired) electrons. The topological polar surface area (TPSA) is 66.8 Å². The van der Waals surface area contributed by atoms with Crippen molar-refractivity contribution in [3.05, 3.63) is 29.3 Å². The Balaban J connectivity index is 2.36. The molecular weight excluding hydrogens is 222 g/mol. The van der Waals surface area contributed by atoms with Gasteiger partial charge in [-0.3, -0.25) is 9.59 Å². The molecule has 2 rings (SSSR count). The number of ether oxygens (including phenoxy) is 1. The van der Waals surface area contributed by atoms with Gasteiger partial charge in [0.25, 0.3) is 5.91 Å². The Labute approximate surface area is 98.6 Å². The van der Waals surface area contributed by atoms with Crippen LogP contribution in [0.3, 0.4) is 0 Å². The van der Waals surface area contributed by atoms with Crippen LogP contribution in [-0.2, 0) is 4.79 Å². The van der Waals surface area contributed by atoms with Gasteiger partial charge in [-0.1, -0.05) is 12.1 Å². The second-order valence-electron chi connectivity index (χ2n) is 3.92. The number of aliphatic carboxylic acids is 1. The Hall–Kier alpha value is -2.04. The minimum atomic E-state index is -1.02. The third kappa shape index (κ3) is 2.22. The molecule has 5 nitrogen and oxygen atoms in total. The molecule has 0 bridgehead atoms. The molecule has 0 unspecified atom stereocenters. The molecule has 0 saturated carbocycles. The van der Waals surface area contributed by atoms with E-state index in [1.807, 2.05) is 13.0 Å². The number of fused-ring (bicyclic) bond motifs is 1. The van der Waals surface area contributed by atoms with Gasteiger partial charge in [0.1, 0.15) is 18.9 Å². The fourth-order valence-electron chi connectivity index (χ4n) is 1.86. The number of carbonyl (C=O) groups is 2. The van der Waals surface area contributed by atoms with E-state index < -0.39 is 5.97 Å². The maximum absolute atomic E-state index is 12.1. The number of nitrogens with zero attached hydrogens (tertiary/aromatic N) is 1. The molecule has 1 aliphatic heterocycles. The van der Waals surface area contributed by atoms with Crippen LogP contribution in [0.2, 0.25) is 0 Å². The van der Waals surface area contributed by atoms with Gasteiger partial charge in [-0.25, -0.2) is 0 Å². The lowest BCUT2D eigenvalue weighted by atomic mass is 10.1. The van der Waals surface area contributed by atoms with Crippen molar-refractivity contribution < 1.29 is 19.4 Å². The Bertz CT molecular complexity index is 470. The molecule has 0 atom stereocenters. The zero-order valence-corrected chi connectivity index (χ0v) is 9.47. The van der Waals surface area contributed by atoms with Gasteiger partial charge in [0.15, 0.2) is 0 Å². The predicted molar refractivity (Wildman–Crippen MR) is 60.2 cm³/mol. The van der Waals surface area contributed by atoms with E-state index in [4.69, 9.17) is 9.84 Å². The number of para-hydroxylation sites is 1. The number of rotatable bonds is 2. The number of amides is 1. The van der Waals surface area contributed by atoms with Crippen molar-refractivity contribution in [2.24, 2.45) is 0 Å². The molecule has 1 N–H and O–H groups in total. The van der Waals surface area contributed by atoms with E-state index in [2.05, 4.69) is 0 Å². The van der Waals surface area contributed by atoms with Crippen molar-refractivity contribution in [2.45, 2.75) is 6.92 Å². The second kappa shape index (κ2) is 4.45. The van der Waals surface area contributed by atoms with Crippen LogP contribution >= 0.6 is 0 Å². The Morgan fingerprint density at radius 2 is 2.29 bits per heavy atom. The zero-order chi connectivity index (χ0) is 12.4. The van der Waals surface area contributed by atoms with Crippen molar-refractivity contribution >= 4 is 11.9 Å². The average molecular weight is 235 g/mol. The summed E-state index contributed by atoms with van der Waals surface area (Å²) in [5, 5.41) is 8.74. The number of carboxylic acid groups (broad SMARTS) is 1. The van der Waals surface area contributed by atoms with Crippen LogP contribution in [-0.4, -0.2) is 41.6 Å². The van der Waals surface area contributed by atoms with Crippen molar-refractivity contribution in [2.75, 3.05) is 19.7 Å². The molecule has 0 aliphatic carbocycles. The molecule has 0 fully saturated rings. The highest BCUT2D eigenvalue weighted by Crippen LogP contribution is 2.26. The van der Waals surface area contributed by atoms with E-state index in [0.717, 1.165) is 5.56 Å². The largest absolute Gasteiger partial charge is 0.491 e. The lowest BCUT2D eigenvalue weighted by Gasteiger charge is -2.16. The molecule has 0 saturated heterocycles. The maximum atomic E-state index is 12.1. The van der Waals surface area contributed by atoms with Gasteiger partial charge in [0, 0.05) is 0 Å². The molecular formula is C12H13NO4. The van der Waals surface area contributed by atoms with Crippen molar-refractivity contribution in [1.29, 1.82) is 0 Å². The molecule has 5 heteroatoms. The minimum absolute atomic E-state index is 0.288.